The van der Waals surface area contributed by atoms with E-state index in [1.54, 1.807) is 23.8 Å². The molecule has 0 radical (unpaired) electrons. The van der Waals surface area contributed by atoms with E-state index in [1.807, 2.05) is 49.4 Å². The lowest BCUT2D eigenvalue weighted by Gasteiger charge is -2.31. The van der Waals surface area contributed by atoms with Crippen molar-refractivity contribution in [2.24, 2.45) is 5.92 Å². The average Bonchev–Trinajstić information content (AvgIpc) is 2.81. The first-order chi connectivity index (χ1) is 15.4. The van der Waals surface area contributed by atoms with E-state index in [0.717, 1.165) is 22.8 Å². The Balaban J connectivity index is 2.06. The first kappa shape index (κ1) is 25.8. The van der Waals surface area contributed by atoms with Crippen molar-refractivity contribution in [1.29, 1.82) is 0 Å². The normalized spacial score (nSPS) is 11.8. The van der Waals surface area contributed by atoms with Gasteiger partial charge in [0.15, 0.2) is 0 Å². The van der Waals surface area contributed by atoms with Crippen LogP contribution < -0.4 is 10.1 Å². The summed E-state index contributed by atoms with van der Waals surface area (Å²) in [7, 11) is 1.63. The standard InChI is InChI=1S/C26H36N2O3S/c1-5-24(26(30)27-17-20(2)3)28(18-21-11-13-23(31-4)14-12-21)25(29)15-16-32-19-22-9-7-6-8-10-22/h6-14,20,24H,5,15-19H2,1-4H3,(H,27,30). The molecule has 0 aliphatic carbocycles. The van der Waals surface area contributed by atoms with Gasteiger partial charge in [0, 0.05) is 31.0 Å². The molecule has 0 aliphatic rings. The van der Waals surface area contributed by atoms with E-state index in [9.17, 15) is 9.59 Å². The maximum Gasteiger partial charge on any atom is 0.242 e. The number of thioether (sulfide) groups is 1. The van der Waals surface area contributed by atoms with Crippen molar-refractivity contribution in [2.45, 2.75) is 52.0 Å². The molecule has 2 rings (SSSR count). The molecule has 0 fully saturated rings. The maximum atomic E-state index is 13.2. The number of ether oxygens (including phenoxy) is 1. The Bertz CT molecular complexity index is 825. The Morgan fingerprint density at radius 2 is 1.72 bits per heavy atom. The van der Waals surface area contributed by atoms with Crippen molar-refractivity contribution in [3.05, 3.63) is 65.7 Å². The number of nitrogens with zero attached hydrogens (tertiary/aromatic N) is 1. The topological polar surface area (TPSA) is 58.6 Å². The second kappa shape index (κ2) is 13.8. The van der Waals surface area contributed by atoms with Gasteiger partial charge in [0.05, 0.1) is 7.11 Å². The number of methoxy groups -OCH3 is 1. The highest BCUT2D eigenvalue weighted by molar-refractivity contribution is 7.98. The molecule has 0 saturated heterocycles. The van der Waals surface area contributed by atoms with Crippen molar-refractivity contribution in [3.63, 3.8) is 0 Å². The first-order valence-electron chi connectivity index (χ1n) is 11.3. The number of carbonyl (C=O) groups excluding carboxylic acids is 2. The lowest BCUT2D eigenvalue weighted by atomic mass is 10.1. The Labute approximate surface area is 196 Å². The molecule has 5 nitrogen and oxygen atoms in total. The summed E-state index contributed by atoms with van der Waals surface area (Å²) in [6, 6.07) is 17.4. The monoisotopic (exact) mass is 456 g/mol. The fourth-order valence-electron chi connectivity index (χ4n) is 3.34. The highest BCUT2D eigenvalue weighted by atomic mass is 32.2. The molecule has 0 heterocycles. The predicted octanol–water partition coefficient (Wildman–Crippen LogP) is 4.90. The van der Waals surface area contributed by atoms with Gasteiger partial charge in [-0.2, -0.15) is 11.8 Å². The van der Waals surface area contributed by atoms with Crippen molar-refractivity contribution >= 4 is 23.6 Å². The molecular formula is C26H36N2O3S. The Morgan fingerprint density at radius 1 is 1.03 bits per heavy atom. The molecule has 0 spiro atoms. The van der Waals surface area contributed by atoms with Crippen LogP contribution in [-0.4, -0.2) is 42.2 Å². The van der Waals surface area contributed by atoms with Crippen molar-refractivity contribution in [2.75, 3.05) is 19.4 Å². The van der Waals surface area contributed by atoms with E-state index >= 15 is 0 Å². The largest absolute Gasteiger partial charge is 0.497 e. The van der Waals surface area contributed by atoms with Crippen LogP contribution in [0.4, 0.5) is 0 Å². The second-order valence-electron chi connectivity index (χ2n) is 8.22. The molecule has 2 amide bonds. The molecule has 174 valence electrons. The van der Waals surface area contributed by atoms with Gasteiger partial charge in [-0.3, -0.25) is 9.59 Å². The predicted molar refractivity (Wildman–Crippen MR) is 133 cm³/mol. The zero-order valence-electron chi connectivity index (χ0n) is 19.7. The van der Waals surface area contributed by atoms with E-state index in [2.05, 4.69) is 31.3 Å². The van der Waals surface area contributed by atoms with Crippen LogP contribution in [0, 0.1) is 5.92 Å². The van der Waals surface area contributed by atoms with E-state index in [0.29, 0.717) is 31.8 Å². The minimum Gasteiger partial charge on any atom is -0.497 e. The van der Waals surface area contributed by atoms with Crippen LogP contribution in [0.15, 0.2) is 54.6 Å². The molecule has 0 bridgehead atoms. The molecule has 2 aromatic rings. The fourth-order valence-corrected chi connectivity index (χ4v) is 4.23. The van der Waals surface area contributed by atoms with Crippen LogP contribution in [0.5, 0.6) is 5.75 Å². The van der Waals surface area contributed by atoms with Crippen LogP contribution in [0.25, 0.3) is 0 Å². The summed E-state index contributed by atoms with van der Waals surface area (Å²) in [5.41, 5.74) is 2.23. The Kier molecular flexibility index (Phi) is 11.2. The number of rotatable bonds is 13. The summed E-state index contributed by atoms with van der Waals surface area (Å²) in [6.45, 7) is 7.08. The van der Waals surface area contributed by atoms with Crippen LogP contribution in [0.3, 0.4) is 0 Å². The number of amides is 2. The SMILES string of the molecule is CCC(C(=O)NCC(C)C)N(Cc1ccc(OC)cc1)C(=O)CCSCc1ccccc1. The lowest BCUT2D eigenvalue weighted by molar-refractivity contribution is -0.141. The molecule has 2 aromatic carbocycles. The smallest absolute Gasteiger partial charge is 0.242 e. The van der Waals surface area contributed by atoms with Gasteiger partial charge in [-0.15, -0.1) is 0 Å². The lowest BCUT2D eigenvalue weighted by Crippen LogP contribution is -2.49. The zero-order chi connectivity index (χ0) is 23.3. The summed E-state index contributed by atoms with van der Waals surface area (Å²) >= 11 is 1.74. The average molecular weight is 457 g/mol. The van der Waals surface area contributed by atoms with E-state index in [4.69, 9.17) is 4.74 Å². The van der Waals surface area contributed by atoms with Gasteiger partial charge in [-0.1, -0.05) is 63.2 Å². The summed E-state index contributed by atoms with van der Waals surface area (Å²) < 4.78 is 5.24. The van der Waals surface area contributed by atoms with Gasteiger partial charge >= 0.3 is 0 Å². The van der Waals surface area contributed by atoms with Gasteiger partial charge in [-0.25, -0.2) is 0 Å². The summed E-state index contributed by atoms with van der Waals surface area (Å²) in [5, 5.41) is 3.00. The molecule has 32 heavy (non-hydrogen) atoms. The first-order valence-corrected chi connectivity index (χ1v) is 12.4. The van der Waals surface area contributed by atoms with Gasteiger partial charge in [0.25, 0.3) is 0 Å². The summed E-state index contributed by atoms with van der Waals surface area (Å²) in [6.07, 6.45) is 0.977. The van der Waals surface area contributed by atoms with E-state index in [1.165, 1.54) is 5.56 Å². The molecule has 0 saturated carbocycles. The highest BCUT2D eigenvalue weighted by Gasteiger charge is 2.28. The Hall–Kier alpha value is -2.47. The third kappa shape index (κ3) is 8.58. The second-order valence-corrected chi connectivity index (χ2v) is 9.33. The van der Waals surface area contributed by atoms with Crippen LogP contribution in [-0.2, 0) is 21.9 Å². The quantitative estimate of drug-likeness (QED) is 0.436. The molecule has 1 unspecified atom stereocenters. The number of benzene rings is 2. The number of hydrogen-bond acceptors (Lipinski definition) is 4. The number of nitrogens with one attached hydrogen (secondary N) is 1. The van der Waals surface area contributed by atoms with Crippen LogP contribution >= 0.6 is 11.8 Å². The zero-order valence-corrected chi connectivity index (χ0v) is 20.5. The maximum absolute atomic E-state index is 13.2. The van der Waals surface area contributed by atoms with Gasteiger partial charge in [0.2, 0.25) is 11.8 Å². The van der Waals surface area contributed by atoms with Gasteiger partial charge in [-0.05, 0) is 35.6 Å². The van der Waals surface area contributed by atoms with Gasteiger partial charge < -0.3 is 15.0 Å². The third-order valence-corrected chi connectivity index (χ3v) is 6.18. The van der Waals surface area contributed by atoms with E-state index in [-0.39, 0.29) is 11.8 Å². The van der Waals surface area contributed by atoms with Crippen LogP contribution in [0.2, 0.25) is 0 Å². The highest BCUT2D eigenvalue weighted by Crippen LogP contribution is 2.19. The van der Waals surface area contributed by atoms with E-state index < -0.39 is 6.04 Å². The third-order valence-electron chi connectivity index (χ3n) is 5.15. The minimum atomic E-state index is -0.484. The Morgan fingerprint density at radius 3 is 2.31 bits per heavy atom. The number of carbonyl (C=O) groups is 2. The van der Waals surface area contributed by atoms with Crippen molar-refractivity contribution < 1.29 is 14.3 Å². The van der Waals surface area contributed by atoms with Crippen molar-refractivity contribution in [1.82, 2.24) is 10.2 Å². The molecule has 1 atom stereocenters. The fraction of sp³-hybridized carbons (Fsp3) is 0.462. The van der Waals surface area contributed by atoms with Crippen molar-refractivity contribution in [3.8, 4) is 5.75 Å². The molecule has 1 N–H and O–H groups in total. The molecular weight excluding hydrogens is 420 g/mol. The molecule has 0 aliphatic heterocycles. The summed E-state index contributed by atoms with van der Waals surface area (Å²) in [4.78, 5) is 27.9. The number of hydrogen-bond donors (Lipinski definition) is 1. The van der Waals surface area contributed by atoms with Gasteiger partial charge in [0.1, 0.15) is 11.8 Å². The van der Waals surface area contributed by atoms with Crippen LogP contribution in [0.1, 0.15) is 44.7 Å². The molecule has 6 heteroatoms. The molecule has 0 aromatic heterocycles. The summed E-state index contributed by atoms with van der Waals surface area (Å²) in [5.74, 6) is 2.64. The minimum absolute atomic E-state index is 0.00734.